The van der Waals surface area contributed by atoms with Crippen LogP contribution < -0.4 is 0 Å². The number of rotatable bonds is 6. The van der Waals surface area contributed by atoms with Crippen molar-refractivity contribution in [3.05, 3.63) is 71.4 Å². The Kier molecular flexibility index (Phi) is 5.70. The predicted octanol–water partition coefficient (Wildman–Crippen LogP) is 3.21. The van der Waals surface area contributed by atoms with E-state index in [0.29, 0.717) is 11.3 Å². The summed E-state index contributed by atoms with van der Waals surface area (Å²) in [5.74, 6) is -1.18. The summed E-state index contributed by atoms with van der Waals surface area (Å²) in [6.07, 6.45) is 0.553. The number of ether oxygens (including phenoxy) is 2. The van der Waals surface area contributed by atoms with Crippen molar-refractivity contribution in [2.45, 2.75) is 12.5 Å². The summed E-state index contributed by atoms with van der Waals surface area (Å²) in [6, 6.07) is 14.3. The Bertz CT molecular complexity index is 881. The maximum Gasteiger partial charge on any atom is 0.351 e. The van der Waals surface area contributed by atoms with E-state index in [1.165, 1.54) is 18.4 Å². The highest BCUT2D eigenvalue weighted by molar-refractivity contribution is 7.13. The van der Waals surface area contributed by atoms with Gasteiger partial charge in [-0.25, -0.2) is 9.78 Å². The largest absolute Gasteiger partial charge is 0.466 e. The molecule has 1 aromatic carbocycles. The Balaban J connectivity index is 1.69. The molecule has 2 aromatic heterocycles. The van der Waals surface area contributed by atoms with Gasteiger partial charge in [0.2, 0.25) is 6.10 Å². The van der Waals surface area contributed by atoms with Crippen molar-refractivity contribution in [3.63, 3.8) is 0 Å². The molecular weight excluding hydrogens is 352 g/mol. The first kappa shape index (κ1) is 17.8. The van der Waals surface area contributed by atoms with Crippen molar-refractivity contribution >= 4 is 23.3 Å². The van der Waals surface area contributed by atoms with Crippen LogP contribution in [0.5, 0.6) is 0 Å². The fourth-order valence-corrected chi connectivity index (χ4v) is 3.10. The summed E-state index contributed by atoms with van der Waals surface area (Å²) in [6.45, 7) is 0. The lowest BCUT2D eigenvalue weighted by molar-refractivity contribution is -0.166. The van der Waals surface area contributed by atoms with Crippen molar-refractivity contribution in [2.75, 3.05) is 7.11 Å². The number of carbonyl (C=O) groups is 2. The lowest BCUT2D eigenvalue weighted by Gasteiger charge is -2.15. The minimum absolute atomic E-state index is 0.0380. The van der Waals surface area contributed by atoms with Crippen LogP contribution in [0.15, 0.2) is 60.1 Å². The second-order valence-electron chi connectivity index (χ2n) is 5.34. The van der Waals surface area contributed by atoms with Crippen LogP contribution in [0, 0.1) is 0 Å². The average molecular weight is 368 g/mol. The smallest absolute Gasteiger partial charge is 0.351 e. The lowest BCUT2D eigenvalue weighted by atomic mass is 10.1. The van der Waals surface area contributed by atoms with Crippen LogP contribution in [0.4, 0.5) is 0 Å². The van der Waals surface area contributed by atoms with Crippen molar-refractivity contribution in [3.8, 4) is 10.7 Å². The Morgan fingerprint density at radius 3 is 2.58 bits per heavy atom. The Labute approximate surface area is 154 Å². The third-order valence-electron chi connectivity index (χ3n) is 3.53. The molecule has 0 aliphatic heterocycles. The molecule has 26 heavy (non-hydrogen) atoms. The van der Waals surface area contributed by atoms with Gasteiger partial charge in [0, 0.05) is 17.1 Å². The number of pyridine rings is 1. The molecule has 0 bridgehead atoms. The van der Waals surface area contributed by atoms with Crippen LogP contribution in [0.1, 0.15) is 17.4 Å². The number of benzene rings is 1. The van der Waals surface area contributed by atoms with Crippen molar-refractivity contribution in [1.82, 2.24) is 9.97 Å². The summed E-state index contributed by atoms with van der Waals surface area (Å²) in [4.78, 5) is 32.9. The standard InChI is InChI=1S/C19H16N2O4S/c1-24-19(23)17(13-7-3-2-4-8-13)25-16(22)11-14-12-26-18(21-14)15-9-5-6-10-20-15/h2-10,12,17H,11H2,1H3. The molecule has 0 spiro atoms. The minimum Gasteiger partial charge on any atom is -0.466 e. The van der Waals surface area contributed by atoms with Gasteiger partial charge < -0.3 is 9.47 Å². The first-order valence-corrected chi connectivity index (χ1v) is 8.73. The number of esters is 2. The van der Waals surface area contributed by atoms with Crippen LogP contribution >= 0.6 is 11.3 Å². The quantitative estimate of drug-likeness (QED) is 0.622. The molecule has 132 valence electrons. The fourth-order valence-electron chi connectivity index (χ4n) is 2.30. The zero-order chi connectivity index (χ0) is 18.4. The summed E-state index contributed by atoms with van der Waals surface area (Å²) in [5, 5.41) is 2.50. The molecule has 0 fully saturated rings. The van der Waals surface area contributed by atoms with E-state index in [4.69, 9.17) is 9.47 Å². The van der Waals surface area contributed by atoms with E-state index in [2.05, 4.69) is 9.97 Å². The van der Waals surface area contributed by atoms with Gasteiger partial charge >= 0.3 is 11.9 Å². The first-order valence-electron chi connectivity index (χ1n) is 7.85. The number of hydrogen-bond acceptors (Lipinski definition) is 7. The summed E-state index contributed by atoms with van der Waals surface area (Å²) < 4.78 is 10.1. The molecule has 2 heterocycles. The van der Waals surface area contributed by atoms with Gasteiger partial charge in [0.25, 0.3) is 0 Å². The molecule has 0 saturated carbocycles. The van der Waals surface area contributed by atoms with Crippen LogP contribution in [0.25, 0.3) is 10.7 Å². The molecule has 1 unspecified atom stereocenters. The summed E-state index contributed by atoms with van der Waals surface area (Å²) >= 11 is 1.40. The van der Waals surface area contributed by atoms with Crippen LogP contribution in [-0.2, 0) is 25.5 Å². The highest BCUT2D eigenvalue weighted by atomic mass is 32.1. The van der Waals surface area contributed by atoms with E-state index in [9.17, 15) is 9.59 Å². The molecule has 0 amide bonds. The average Bonchev–Trinajstić information content (AvgIpc) is 3.15. The van der Waals surface area contributed by atoms with Gasteiger partial charge in [0.15, 0.2) is 0 Å². The SMILES string of the molecule is COC(=O)C(OC(=O)Cc1csc(-c2ccccn2)n1)c1ccccc1. The van der Waals surface area contributed by atoms with E-state index < -0.39 is 18.0 Å². The Hall–Kier alpha value is -3.06. The molecule has 1 atom stereocenters. The molecule has 0 N–H and O–H groups in total. The van der Waals surface area contributed by atoms with Gasteiger partial charge in [-0.3, -0.25) is 9.78 Å². The molecule has 7 heteroatoms. The Morgan fingerprint density at radius 2 is 1.88 bits per heavy atom. The minimum atomic E-state index is -1.09. The van der Waals surface area contributed by atoms with Gasteiger partial charge in [-0.05, 0) is 12.1 Å². The van der Waals surface area contributed by atoms with Crippen LogP contribution in [0.3, 0.4) is 0 Å². The van der Waals surface area contributed by atoms with E-state index in [1.807, 2.05) is 24.3 Å². The molecule has 3 aromatic rings. The van der Waals surface area contributed by atoms with Gasteiger partial charge in [-0.15, -0.1) is 11.3 Å². The van der Waals surface area contributed by atoms with Crippen molar-refractivity contribution < 1.29 is 19.1 Å². The molecular formula is C19H16N2O4S. The fraction of sp³-hybridized carbons (Fsp3) is 0.158. The molecule has 0 aliphatic rings. The molecule has 3 rings (SSSR count). The van der Waals surface area contributed by atoms with Crippen molar-refractivity contribution in [1.29, 1.82) is 0 Å². The first-order chi connectivity index (χ1) is 12.7. The third kappa shape index (κ3) is 4.31. The zero-order valence-corrected chi connectivity index (χ0v) is 14.8. The highest BCUT2D eigenvalue weighted by Crippen LogP contribution is 2.23. The predicted molar refractivity (Wildman–Crippen MR) is 96.3 cm³/mol. The molecule has 0 saturated heterocycles. The van der Waals surface area contributed by atoms with Gasteiger partial charge in [0.05, 0.1) is 24.9 Å². The molecule has 0 radical (unpaired) electrons. The number of methoxy groups -OCH3 is 1. The number of nitrogens with zero attached hydrogens (tertiary/aromatic N) is 2. The van der Waals surface area contributed by atoms with E-state index >= 15 is 0 Å². The maximum atomic E-state index is 12.3. The summed E-state index contributed by atoms with van der Waals surface area (Å²) in [5.41, 5.74) is 1.87. The van der Waals surface area contributed by atoms with Crippen molar-refractivity contribution in [2.24, 2.45) is 0 Å². The van der Waals surface area contributed by atoms with Crippen LogP contribution in [0.2, 0.25) is 0 Å². The zero-order valence-electron chi connectivity index (χ0n) is 14.0. The Morgan fingerprint density at radius 1 is 1.12 bits per heavy atom. The van der Waals surface area contributed by atoms with E-state index in [0.717, 1.165) is 10.7 Å². The monoisotopic (exact) mass is 368 g/mol. The number of aromatic nitrogens is 2. The van der Waals surface area contributed by atoms with E-state index in [1.54, 1.807) is 35.8 Å². The normalized spacial score (nSPS) is 11.6. The molecule has 0 aliphatic carbocycles. The highest BCUT2D eigenvalue weighted by Gasteiger charge is 2.26. The van der Waals surface area contributed by atoms with Gasteiger partial charge in [0.1, 0.15) is 5.01 Å². The second-order valence-corrected chi connectivity index (χ2v) is 6.20. The van der Waals surface area contributed by atoms with E-state index in [-0.39, 0.29) is 6.42 Å². The number of hydrogen-bond donors (Lipinski definition) is 0. The summed E-state index contributed by atoms with van der Waals surface area (Å²) in [7, 11) is 1.26. The number of carbonyl (C=O) groups excluding carboxylic acids is 2. The molecule has 6 nitrogen and oxygen atoms in total. The lowest BCUT2D eigenvalue weighted by Crippen LogP contribution is -2.22. The number of thiazole rings is 1. The second kappa shape index (κ2) is 8.35. The van der Waals surface area contributed by atoms with Gasteiger partial charge in [-0.2, -0.15) is 0 Å². The topological polar surface area (TPSA) is 78.4 Å². The van der Waals surface area contributed by atoms with Gasteiger partial charge in [-0.1, -0.05) is 36.4 Å². The maximum absolute atomic E-state index is 12.3. The third-order valence-corrected chi connectivity index (χ3v) is 4.44. The van der Waals surface area contributed by atoms with Crippen LogP contribution in [-0.4, -0.2) is 29.0 Å².